The fraction of sp³-hybridized carbons (Fsp3) is 0.636. The van der Waals surface area contributed by atoms with Crippen LogP contribution in [0.5, 0.6) is 5.75 Å². The van der Waals surface area contributed by atoms with Crippen LogP contribution >= 0.6 is 0 Å². The predicted octanol–water partition coefficient (Wildman–Crippen LogP) is 10.5. The molecule has 1 heterocycles. The Bertz CT molecular complexity index is 912. The average Bonchev–Trinajstić information content (AvgIpc) is 2.76. The minimum absolute atomic E-state index is 0.169. The molecule has 0 fully saturated rings. The Morgan fingerprint density at radius 2 is 1.50 bits per heavy atom. The van der Waals surface area contributed by atoms with Gasteiger partial charge in [0.15, 0.2) is 0 Å². The number of rotatable bonds is 11. The summed E-state index contributed by atoms with van der Waals surface area (Å²) in [7, 11) is 0. The van der Waals surface area contributed by atoms with Gasteiger partial charge in [0.2, 0.25) is 0 Å². The first-order chi connectivity index (χ1) is 16.0. The number of fused-ring (bicyclic) bond motifs is 1. The molecule has 34 heavy (non-hydrogen) atoms. The second kappa shape index (κ2) is 10.9. The molecule has 0 bridgehead atoms. The first-order valence-corrected chi connectivity index (χ1v) is 14.0. The van der Waals surface area contributed by atoms with Crippen molar-refractivity contribution in [3.8, 4) is 5.75 Å². The zero-order chi connectivity index (χ0) is 25.0. The van der Waals surface area contributed by atoms with Crippen LogP contribution in [0.15, 0.2) is 36.4 Å². The Morgan fingerprint density at radius 1 is 0.882 bits per heavy atom. The van der Waals surface area contributed by atoms with Crippen molar-refractivity contribution in [1.82, 2.24) is 0 Å². The Hall–Kier alpha value is -1.76. The van der Waals surface area contributed by atoms with Crippen molar-refractivity contribution in [3.63, 3.8) is 0 Å². The molecular formula is C33H50O. The lowest BCUT2D eigenvalue weighted by molar-refractivity contribution is 0.159. The maximum Gasteiger partial charge on any atom is 0.128 e. The van der Waals surface area contributed by atoms with Gasteiger partial charge in [0.1, 0.15) is 11.4 Å². The fourth-order valence-corrected chi connectivity index (χ4v) is 6.31. The van der Waals surface area contributed by atoms with Crippen molar-refractivity contribution in [1.29, 1.82) is 0 Å². The quantitative estimate of drug-likeness (QED) is 0.297. The van der Waals surface area contributed by atoms with Gasteiger partial charge in [-0.2, -0.15) is 0 Å². The molecule has 1 aliphatic heterocycles. The molecule has 1 aliphatic carbocycles. The van der Waals surface area contributed by atoms with Crippen LogP contribution in [0, 0.1) is 17.8 Å². The van der Waals surface area contributed by atoms with Crippen LogP contribution in [0.1, 0.15) is 129 Å². The topological polar surface area (TPSA) is 9.23 Å². The molecule has 0 N–H and O–H groups in total. The van der Waals surface area contributed by atoms with Gasteiger partial charge >= 0.3 is 0 Å². The summed E-state index contributed by atoms with van der Waals surface area (Å²) in [6.45, 7) is 20.8. The molecule has 1 aromatic carbocycles. The second-order valence-electron chi connectivity index (χ2n) is 12.3. The van der Waals surface area contributed by atoms with Crippen molar-refractivity contribution in [2.75, 3.05) is 0 Å². The van der Waals surface area contributed by atoms with E-state index in [1.807, 2.05) is 0 Å². The molecule has 188 valence electrons. The van der Waals surface area contributed by atoms with E-state index in [2.05, 4.69) is 78.8 Å². The van der Waals surface area contributed by atoms with Gasteiger partial charge in [0.25, 0.3) is 0 Å². The van der Waals surface area contributed by atoms with Gasteiger partial charge in [0, 0.05) is 5.56 Å². The minimum Gasteiger partial charge on any atom is -0.483 e. The number of unbranched alkanes of at least 4 members (excludes halogenated alkanes) is 6. The number of allylic oxidation sites excluding steroid dienone is 3. The van der Waals surface area contributed by atoms with E-state index in [0.29, 0.717) is 0 Å². The molecule has 0 atom stereocenters. The Morgan fingerprint density at radius 3 is 2.09 bits per heavy atom. The summed E-state index contributed by atoms with van der Waals surface area (Å²) in [6, 6.07) is 4.48. The van der Waals surface area contributed by atoms with Gasteiger partial charge in [-0.1, -0.05) is 104 Å². The van der Waals surface area contributed by atoms with Crippen LogP contribution in [0.4, 0.5) is 0 Å². The molecule has 1 aromatic rings. The SMILES string of the molecule is C=C1C(c2ccc3c(c2C)C=CC(C)(C)O3)=CC(C)(C)CC1(CCCCCC)CCCCCC. The van der Waals surface area contributed by atoms with E-state index < -0.39 is 0 Å². The van der Waals surface area contributed by atoms with Gasteiger partial charge in [-0.15, -0.1) is 0 Å². The highest BCUT2D eigenvalue weighted by Crippen LogP contribution is 2.56. The van der Waals surface area contributed by atoms with E-state index >= 15 is 0 Å². The highest BCUT2D eigenvalue weighted by molar-refractivity contribution is 5.85. The van der Waals surface area contributed by atoms with E-state index in [0.717, 1.165) is 5.75 Å². The molecule has 1 heteroatoms. The summed E-state index contributed by atoms with van der Waals surface area (Å²) in [6.07, 6.45) is 21.4. The molecule has 0 unspecified atom stereocenters. The van der Waals surface area contributed by atoms with Crippen LogP contribution in [-0.2, 0) is 0 Å². The summed E-state index contributed by atoms with van der Waals surface area (Å²) in [5, 5.41) is 0. The molecule has 3 rings (SSSR count). The fourth-order valence-electron chi connectivity index (χ4n) is 6.31. The average molecular weight is 463 g/mol. The number of hydrogen-bond donors (Lipinski definition) is 0. The molecule has 0 saturated heterocycles. The maximum atomic E-state index is 6.27. The van der Waals surface area contributed by atoms with Gasteiger partial charge in [0.05, 0.1) is 0 Å². The monoisotopic (exact) mass is 462 g/mol. The summed E-state index contributed by atoms with van der Waals surface area (Å²) in [4.78, 5) is 0. The van der Waals surface area contributed by atoms with Crippen LogP contribution in [0.25, 0.3) is 11.6 Å². The zero-order valence-electron chi connectivity index (χ0n) is 23.3. The lowest BCUT2D eigenvalue weighted by Crippen LogP contribution is -2.34. The van der Waals surface area contributed by atoms with Crippen molar-refractivity contribution < 1.29 is 4.74 Å². The van der Waals surface area contributed by atoms with Crippen LogP contribution < -0.4 is 4.74 Å². The third-order valence-corrected chi connectivity index (χ3v) is 8.10. The summed E-state index contributed by atoms with van der Waals surface area (Å²) >= 11 is 0. The van der Waals surface area contributed by atoms with Crippen LogP contribution in [-0.4, -0.2) is 5.60 Å². The first kappa shape index (κ1) is 26.8. The van der Waals surface area contributed by atoms with Gasteiger partial charge < -0.3 is 4.74 Å². The van der Waals surface area contributed by atoms with Crippen LogP contribution in [0.3, 0.4) is 0 Å². The standard InChI is InChI=1S/C33H50O/c1-9-11-13-15-20-33(21-16-14-12-10-2)24-31(5,6)23-29(26(33)4)27-17-18-30-28(25(27)3)19-22-32(7,8)34-30/h17-19,22-23H,4,9-16,20-21,24H2,1-3,5-8H3. The maximum absolute atomic E-state index is 6.27. The Balaban J connectivity index is 1.99. The highest BCUT2D eigenvalue weighted by Gasteiger charge is 2.42. The van der Waals surface area contributed by atoms with Crippen molar-refractivity contribution >= 4 is 11.6 Å². The molecule has 2 aliphatic rings. The van der Waals surface area contributed by atoms with E-state index in [4.69, 9.17) is 11.3 Å². The number of ether oxygens (including phenoxy) is 1. The van der Waals surface area contributed by atoms with Gasteiger partial charge in [-0.25, -0.2) is 0 Å². The molecule has 0 spiro atoms. The molecule has 0 aromatic heterocycles. The summed E-state index contributed by atoms with van der Waals surface area (Å²) < 4.78 is 6.27. The molecule has 1 nitrogen and oxygen atoms in total. The molecule has 0 amide bonds. The molecular weight excluding hydrogens is 412 g/mol. The van der Waals surface area contributed by atoms with Crippen molar-refractivity contribution in [3.05, 3.63) is 53.1 Å². The summed E-state index contributed by atoms with van der Waals surface area (Å²) in [5.41, 5.74) is 6.81. The predicted molar refractivity (Wildman–Crippen MR) is 150 cm³/mol. The molecule has 0 saturated carbocycles. The summed E-state index contributed by atoms with van der Waals surface area (Å²) in [5.74, 6) is 1.00. The number of benzene rings is 1. The van der Waals surface area contributed by atoms with E-state index in [9.17, 15) is 0 Å². The first-order valence-electron chi connectivity index (χ1n) is 14.0. The highest BCUT2D eigenvalue weighted by atomic mass is 16.5. The third kappa shape index (κ3) is 6.07. The Kier molecular flexibility index (Phi) is 8.59. The number of hydrogen-bond acceptors (Lipinski definition) is 1. The van der Waals surface area contributed by atoms with E-state index in [-0.39, 0.29) is 16.4 Å². The van der Waals surface area contributed by atoms with Crippen molar-refractivity contribution in [2.45, 2.75) is 125 Å². The van der Waals surface area contributed by atoms with E-state index in [1.165, 1.54) is 98.5 Å². The molecule has 0 radical (unpaired) electrons. The lowest BCUT2D eigenvalue weighted by atomic mass is 9.57. The lowest BCUT2D eigenvalue weighted by Gasteiger charge is -2.47. The third-order valence-electron chi connectivity index (χ3n) is 8.10. The minimum atomic E-state index is -0.247. The second-order valence-corrected chi connectivity index (χ2v) is 12.3. The van der Waals surface area contributed by atoms with Crippen molar-refractivity contribution in [2.24, 2.45) is 10.8 Å². The Labute approximate surface area is 210 Å². The smallest absolute Gasteiger partial charge is 0.128 e. The van der Waals surface area contributed by atoms with Gasteiger partial charge in [-0.3, -0.25) is 0 Å². The van der Waals surface area contributed by atoms with Crippen LogP contribution in [0.2, 0.25) is 0 Å². The normalized spacial score (nSPS) is 20.0. The van der Waals surface area contributed by atoms with Gasteiger partial charge in [-0.05, 0) is 85.3 Å². The largest absolute Gasteiger partial charge is 0.483 e. The van der Waals surface area contributed by atoms with E-state index in [1.54, 1.807) is 0 Å². The zero-order valence-corrected chi connectivity index (χ0v) is 23.3.